The summed E-state index contributed by atoms with van der Waals surface area (Å²) in [6, 6.07) is 0.416. The van der Waals surface area contributed by atoms with Crippen LogP contribution >= 0.6 is 0 Å². The minimum Gasteiger partial charge on any atom is -0.396 e. The number of hydrogen-bond donors (Lipinski definition) is 1. The number of hydrogen-bond acceptors (Lipinski definition) is 3. The van der Waals surface area contributed by atoms with Gasteiger partial charge in [-0.2, -0.15) is 0 Å². The third-order valence-electron chi connectivity index (χ3n) is 3.81. The molecule has 0 fully saturated rings. The molecule has 0 aliphatic rings. The zero-order valence-corrected chi connectivity index (χ0v) is 11.6. The number of methoxy groups -OCH3 is 1. The summed E-state index contributed by atoms with van der Waals surface area (Å²) in [6.45, 7) is 11.7. The van der Waals surface area contributed by atoms with Crippen molar-refractivity contribution in [2.45, 2.75) is 46.6 Å². The topological polar surface area (TPSA) is 32.7 Å². The van der Waals surface area contributed by atoms with Crippen LogP contribution in [0.2, 0.25) is 0 Å². The van der Waals surface area contributed by atoms with Crippen molar-refractivity contribution in [2.24, 2.45) is 5.41 Å². The minimum atomic E-state index is 0.0536. The lowest BCUT2D eigenvalue weighted by molar-refractivity contribution is 0.0307. The average Bonchev–Trinajstić information content (AvgIpc) is 2.32. The first-order chi connectivity index (χ1) is 7.59. The van der Waals surface area contributed by atoms with Crippen LogP contribution in [-0.2, 0) is 4.74 Å². The summed E-state index contributed by atoms with van der Waals surface area (Å²) in [6.07, 6.45) is 2.05. The molecule has 1 unspecified atom stereocenters. The van der Waals surface area contributed by atoms with Crippen LogP contribution in [0.4, 0.5) is 0 Å². The summed E-state index contributed by atoms with van der Waals surface area (Å²) in [5, 5.41) is 9.57. The van der Waals surface area contributed by atoms with Crippen LogP contribution in [0.15, 0.2) is 0 Å². The van der Waals surface area contributed by atoms with E-state index in [1.807, 2.05) is 0 Å². The van der Waals surface area contributed by atoms with Gasteiger partial charge in [-0.15, -0.1) is 0 Å². The molecule has 0 amide bonds. The maximum absolute atomic E-state index is 9.57. The first-order valence-electron chi connectivity index (χ1n) is 6.42. The largest absolute Gasteiger partial charge is 0.396 e. The maximum Gasteiger partial charge on any atom is 0.0615 e. The lowest BCUT2D eigenvalue weighted by atomic mass is 9.82. The van der Waals surface area contributed by atoms with Gasteiger partial charge in [0.1, 0.15) is 0 Å². The van der Waals surface area contributed by atoms with E-state index in [1.54, 1.807) is 7.11 Å². The molecule has 1 atom stereocenters. The summed E-state index contributed by atoms with van der Waals surface area (Å²) in [5.74, 6) is 0. The fourth-order valence-corrected chi connectivity index (χ4v) is 2.10. The van der Waals surface area contributed by atoms with E-state index in [1.165, 1.54) is 0 Å². The molecule has 0 heterocycles. The Balaban J connectivity index is 4.48. The molecule has 0 bridgehead atoms. The lowest BCUT2D eigenvalue weighted by Gasteiger charge is -2.38. The summed E-state index contributed by atoms with van der Waals surface area (Å²) in [4.78, 5) is 2.40. The Hall–Kier alpha value is -0.120. The van der Waals surface area contributed by atoms with Crippen molar-refractivity contribution in [2.75, 3.05) is 33.4 Å². The molecule has 3 nitrogen and oxygen atoms in total. The Morgan fingerprint density at radius 1 is 1.25 bits per heavy atom. The van der Waals surface area contributed by atoms with Crippen LogP contribution in [0.1, 0.15) is 40.5 Å². The van der Waals surface area contributed by atoms with Crippen molar-refractivity contribution in [3.05, 3.63) is 0 Å². The number of aliphatic hydroxyl groups is 1. The van der Waals surface area contributed by atoms with Crippen LogP contribution in [0.5, 0.6) is 0 Å². The zero-order chi connectivity index (χ0) is 12.6. The van der Waals surface area contributed by atoms with E-state index in [-0.39, 0.29) is 12.0 Å². The molecule has 3 heteroatoms. The highest BCUT2D eigenvalue weighted by molar-refractivity contribution is 4.81. The molecular weight excluding hydrogens is 202 g/mol. The molecule has 0 aromatic heterocycles. The second-order valence-corrected chi connectivity index (χ2v) is 4.73. The number of aliphatic hydroxyl groups excluding tert-OH is 1. The smallest absolute Gasteiger partial charge is 0.0615 e. The maximum atomic E-state index is 9.57. The fraction of sp³-hybridized carbons (Fsp3) is 1.00. The number of nitrogens with zero attached hydrogens (tertiary/aromatic N) is 1. The summed E-state index contributed by atoms with van der Waals surface area (Å²) in [5.41, 5.74) is 0.0536. The van der Waals surface area contributed by atoms with Crippen molar-refractivity contribution >= 4 is 0 Å². The standard InChI is InChI=1S/C13H29NO2/c1-6-13(7-2,11-15)10-14(8-3)12(4)9-16-5/h12,15H,6-11H2,1-5H3. The van der Waals surface area contributed by atoms with Gasteiger partial charge >= 0.3 is 0 Å². The third-order valence-corrected chi connectivity index (χ3v) is 3.81. The van der Waals surface area contributed by atoms with E-state index >= 15 is 0 Å². The number of rotatable bonds is 9. The molecular formula is C13H29NO2. The van der Waals surface area contributed by atoms with Crippen molar-refractivity contribution < 1.29 is 9.84 Å². The van der Waals surface area contributed by atoms with Crippen molar-refractivity contribution in [3.8, 4) is 0 Å². The molecule has 0 rings (SSSR count). The van der Waals surface area contributed by atoms with E-state index < -0.39 is 0 Å². The minimum absolute atomic E-state index is 0.0536. The monoisotopic (exact) mass is 231 g/mol. The molecule has 16 heavy (non-hydrogen) atoms. The fourth-order valence-electron chi connectivity index (χ4n) is 2.10. The number of likely N-dealkylation sites (N-methyl/N-ethyl adjacent to an activating group) is 1. The Morgan fingerprint density at radius 2 is 1.81 bits per heavy atom. The molecule has 0 spiro atoms. The Bertz CT molecular complexity index is 161. The molecule has 98 valence electrons. The Kier molecular flexibility index (Phi) is 7.98. The van der Waals surface area contributed by atoms with Gasteiger partial charge in [-0.05, 0) is 26.3 Å². The quantitative estimate of drug-likeness (QED) is 0.660. The van der Waals surface area contributed by atoms with Gasteiger partial charge in [0.25, 0.3) is 0 Å². The molecule has 0 saturated carbocycles. The van der Waals surface area contributed by atoms with Crippen LogP contribution in [0.25, 0.3) is 0 Å². The van der Waals surface area contributed by atoms with Crippen LogP contribution in [0.3, 0.4) is 0 Å². The van der Waals surface area contributed by atoms with Crippen molar-refractivity contribution in [1.29, 1.82) is 0 Å². The Morgan fingerprint density at radius 3 is 2.12 bits per heavy atom. The molecule has 0 radical (unpaired) electrons. The highest BCUT2D eigenvalue weighted by Crippen LogP contribution is 2.27. The van der Waals surface area contributed by atoms with Gasteiger partial charge in [-0.25, -0.2) is 0 Å². The highest BCUT2D eigenvalue weighted by Gasteiger charge is 2.29. The third kappa shape index (κ3) is 4.40. The molecule has 0 aromatic rings. The van der Waals surface area contributed by atoms with Gasteiger partial charge in [-0.3, -0.25) is 4.90 Å². The van der Waals surface area contributed by atoms with Gasteiger partial charge in [0, 0.05) is 31.7 Å². The van der Waals surface area contributed by atoms with Gasteiger partial charge in [-0.1, -0.05) is 20.8 Å². The summed E-state index contributed by atoms with van der Waals surface area (Å²) in [7, 11) is 1.74. The first kappa shape index (κ1) is 15.9. The summed E-state index contributed by atoms with van der Waals surface area (Å²) < 4.78 is 5.20. The van der Waals surface area contributed by atoms with E-state index in [0.717, 1.165) is 32.5 Å². The second-order valence-electron chi connectivity index (χ2n) is 4.73. The van der Waals surface area contributed by atoms with Gasteiger partial charge < -0.3 is 9.84 Å². The number of ether oxygens (including phenoxy) is 1. The second kappa shape index (κ2) is 8.04. The molecule has 1 N–H and O–H groups in total. The van der Waals surface area contributed by atoms with E-state index in [4.69, 9.17) is 4.74 Å². The summed E-state index contributed by atoms with van der Waals surface area (Å²) >= 11 is 0. The predicted octanol–water partition coefficient (Wildman–Crippen LogP) is 2.14. The van der Waals surface area contributed by atoms with Crippen molar-refractivity contribution in [1.82, 2.24) is 4.90 Å². The van der Waals surface area contributed by atoms with Gasteiger partial charge in [0.05, 0.1) is 6.61 Å². The van der Waals surface area contributed by atoms with E-state index in [2.05, 4.69) is 32.6 Å². The predicted molar refractivity (Wildman–Crippen MR) is 68.7 cm³/mol. The molecule has 0 aliphatic carbocycles. The Labute approximate surface area is 101 Å². The molecule has 0 aromatic carbocycles. The SMILES string of the molecule is CCN(CC(CC)(CC)CO)C(C)COC. The first-order valence-corrected chi connectivity index (χ1v) is 6.42. The zero-order valence-electron chi connectivity index (χ0n) is 11.6. The normalized spacial score (nSPS) is 14.4. The van der Waals surface area contributed by atoms with Crippen LogP contribution < -0.4 is 0 Å². The molecule has 0 aliphatic heterocycles. The lowest BCUT2D eigenvalue weighted by Crippen LogP contribution is -2.45. The van der Waals surface area contributed by atoms with Gasteiger partial charge in [0.15, 0.2) is 0 Å². The van der Waals surface area contributed by atoms with Crippen LogP contribution in [-0.4, -0.2) is 49.5 Å². The van der Waals surface area contributed by atoms with E-state index in [0.29, 0.717) is 6.04 Å². The van der Waals surface area contributed by atoms with Crippen LogP contribution in [0, 0.1) is 5.41 Å². The highest BCUT2D eigenvalue weighted by atomic mass is 16.5. The molecule has 0 saturated heterocycles. The van der Waals surface area contributed by atoms with Gasteiger partial charge in [0.2, 0.25) is 0 Å². The van der Waals surface area contributed by atoms with E-state index in [9.17, 15) is 5.11 Å². The average molecular weight is 231 g/mol. The van der Waals surface area contributed by atoms with Crippen molar-refractivity contribution in [3.63, 3.8) is 0 Å².